The van der Waals surface area contributed by atoms with E-state index < -0.39 is 0 Å². The van der Waals surface area contributed by atoms with Crippen LogP contribution in [-0.2, 0) is 11.3 Å². The smallest absolute Gasteiger partial charge is 0.0740 e. The van der Waals surface area contributed by atoms with Crippen LogP contribution in [0.4, 0.5) is 0 Å². The molecule has 21 heavy (non-hydrogen) atoms. The van der Waals surface area contributed by atoms with Crippen molar-refractivity contribution in [3.05, 3.63) is 59.0 Å². The molecule has 0 amide bonds. The molecule has 0 aliphatic rings. The highest BCUT2D eigenvalue weighted by Gasteiger charge is 2.15. The molecule has 0 aliphatic heterocycles. The van der Waals surface area contributed by atoms with E-state index >= 15 is 0 Å². The summed E-state index contributed by atoms with van der Waals surface area (Å²) in [5, 5.41) is 1.92. The second-order valence-electron chi connectivity index (χ2n) is 4.91. The van der Waals surface area contributed by atoms with Crippen LogP contribution in [0.2, 0.25) is 5.02 Å². The topological polar surface area (TPSA) is 27.1 Å². The molecule has 3 rings (SSSR count). The van der Waals surface area contributed by atoms with Crippen LogP contribution in [0, 0.1) is 6.92 Å². The zero-order valence-corrected chi connectivity index (χ0v) is 12.9. The van der Waals surface area contributed by atoms with Gasteiger partial charge in [-0.1, -0.05) is 11.6 Å². The zero-order valence-electron chi connectivity index (χ0n) is 12.1. The molecule has 0 saturated heterocycles. The molecular weight excluding hydrogens is 284 g/mol. The van der Waals surface area contributed by atoms with Crippen molar-refractivity contribution in [2.45, 2.75) is 20.5 Å². The molecule has 108 valence electrons. The van der Waals surface area contributed by atoms with Gasteiger partial charge in [-0.2, -0.15) is 0 Å². The number of rotatable bonds is 4. The Bertz CT molecular complexity index is 762. The lowest BCUT2D eigenvalue weighted by atomic mass is 10.2. The molecule has 0 saturated carbocycles. The first-order valence-corrected chi connectivity index (χ1v) is 7.37. The summed E-state index contributed by atoms with van der Waals surface area (Å²) in [5.41, 5.74) is 4.56. The number of ether oxygens (including phenoxy) is 1. The molecule has 1 aromatic carbocycles. The van der Waals surface area contributed by atoms with Gasteiger partial charge in [-0.05, 0) is 44.2 Å². The summed E-state index contributed by atoms with van der Waals surface area (Å²) in [6.07, 6.45) is 3.72. The summed E-state index contributed by atoms with van der Waals surface area (Å²) in [4.78, 5) is 4.26. The van der Waals surface area contributed by atoms with Crippen molar-refractivity contribution in [3.8, 4) is 5.69 Å². The second kappa shape index (κ2) is 5.88. The summed E-state index contributed by atoms with van der Waals surface area (Å²) in [5.74, 6) is 0. The van der Waals surface area contributed by atoms with Crippen molar-refractivity contribution < 1.29 is 4.74 Å². The van der Waals surface area contributed by atoms with E-state index in [4.69, 9.17) is 16.3 Å². The van der Waals surface area contributed by atoms with Crippen LogP contribution in [-0.4, -0.2) is 16.2 Å². The van der Waals surface area contributed by atoms with E-state index in [0.29, 0.717) is 13.2 Å². The van der Waals surface area contributed by atoms with Crippen LogP contribution in [0.5, 0.6) is 0 Å². The van der Waals surface area contributed by atoms with Crippen LogP contribution in [0.1, 0.15) is 18.2 Å². The van der Waals surface area contributed by atoms with Crippen LogP contribution in [0.15, 0.2) is 42.7 Å². The molecule has 0 N–H and O–H groups in total. The van der Waals surface area contributed by atoms with Gasteiger partial charge in [0, 0.05) is 40.2 Å². The number of benzene rings is 1. The van der Waals surface area contributed by atoms with Gasteiger partial charge in [0.05, 0.1) is 18.3 Å². The normalized spacial score (nSPS) is 11.2. The van der Waals surface area contributed by atoms with Crippen molar-refractivity contribution in [1.29, 1.82) is 0 Å². The first kappa shape index (κ1) is 14.1. The van der Waals surface area contributed by atoms with Crippen LogP contribution in [0.3, 0.4) is 0 Å². The molecule has 0 radical (unpaired) electrons. The summed E-state index contributed by atoms with van der Waals surface area (Å²) in [7, 11) is 0. The highest BCUT2D eigenvalue weighted by Crippen LogP contribution is 2.29. The molecule has 2 heterocycles. The Morgan fingerprint density at radius 1 is 1.19 bits per heavy atom. The predicted molar refractivity (Wildman–Crippen MR) is 86.1 cm³/mol. The highest BCUT2D eigenvalue weighted by atomic mass is 35.5. The van der Waals surface area contributed by atoms with E-state index in [-0.39, 0.29) is 0 Å². The largest absolute Gasteiger partial charge is 0.377 e. The van der Waals surface area contributed by atoms with Crippen molar-refractivity contribution in [1.82, 2.24) is 9.55 Å². The predicted octanol–water partition coefficient (Wildman–Crippen LogP) is 4.52. The lowest BCUT2D eigenvalue weighted by Gasteiger charge is -2.09. The maximum Gasteiger partial charge on any atom is 0.0740 e. The van der Waals surface area contributed by atoms with Crippen molar-refractivity contribution in [2.75, 3.05) is 6.61 Å². The Labute approximate surface area is 129 Å². The fourth-order valence-electron chi connectivity index (χ4n) is 2.64. The van der Waals surface area contributed by atoms with Crippen LogP contribution < -0.4 is 0 Å². The van der Waals surface area contributed by atoms with E-state index in [0.717, 1.165) is 16.2 Å². The number of hydrogen-bond donors (Lipinski definition) is 0. The maximum atomic E-state index is 5.99. The number of fused-ring (bicyclic) bond motifs is 1. The summed E-state index contributed by atoms with van der Waals surface area (Å²) < 4.78 is 7.82. The monoisotopic (exact) mass is 300 g/mol. The van der Waals surface area contributed by atoms with Crippen molar-refractivity contribution in [2.24, 2.45) is 0 Å². The number of hydrogen-bond acceptors (Lipinski definition) is 2. The Balaban J connectivity index is 2.22. The lowest BCUT2D eigenvalue weighted by molar-refractivity contribution is 0.134. The molecule has 0 aliphatic carbocycles. The van der Waals surface area contributed by atoms with Gasteiger partial charge < -0.3 is 9.30 Å². The first-order chi connectivity index (χ1) is 10.2. The number of aromatic nitrogens is 2. The lowest BCUT2D eigenvalue weighted by Crippen LogP contribution is -1.98. The van der Waals surface area contributed by atoms with Gasteiger partial charge in [0.25, 0.3) is 0 Å². The Morgan fingerprint density at radius 3 is 2.67 bits per heavy atom. The second-order valence-corrected chi connectivity index (χ2v) is 5.34. The third kappa shape index (κ3) is 2.55. The summed E-state index contributed by atoms with van der Waals surface area (Å²) in [6.45, 7) is 5.44. The van der Waals surface area contributed by atoms with Gasteiger partial charge >= 0.3 is 0 Å². The highest BCUT2D eigenvalue weighted by molar-refractivity contribution is 6.30. The quantitative estimate of drug-likeness (QED) is 0.708. The van der Waals surface area contributed by atoms with E-state index in [9.17, 15) is 0 Å². The Hall–Kier alpha value is -1.84. The standard InChI is InChI=1S/C17H17ClN2O/c1-3-21-11-16-12(2)20(14-6-4-13(18)5-7-14)17-10-19-9-8-15(16)17/h4-10H,3,11H2,1-2H3. The van der Waals surface area contributed by atoms with Gasteiger partial charge in [-0.15, -0.1) is 0 Å². The molecule has 0 bridgehead atoms. The number of pyridine rings is 1. The number of nitrogens with zero attached hydrogens (tertiary/aromatic N) is 2. The summed E-state index contributed by atoms with van der Waals surface area (Å²) >= 11 is 5.99. The average Bonchev–Trinajstić information content (AvgIpc) is 2.78. The van der Waals surface area contributed by atoms with Crippen LogP contribution >= 0.6 is 11.6 Å². The molecule has 0 unspecified atom stereocenters. The molecule has 2 aromatic heterocycles. The molecule has 3 nitrogen and oxygen atoms in total. The van der Waals surface area contributed by atoms with E-state index in [2.05, 4.69) is 16.5 Å². The molecule has 4 heteroatoms. The molecule has 0 fully saturated rings. The third-order valence-corrected chi connectivity index (χ3v) is 3.93. The fraction of sp³-hybridized carbons (Fsp3) is 0.235. The molecule has 0 spiro atoms. The average molecular weight is 301 g/mol. The number of halogens is 1. The van der Waals surface area contributed by atoms with E-state index in [1.165, 1.54) is 16.6 Å². The molecule has 0 atom stereocenters. The Morgan fingerprint density at radius 2 is 1.95 bits per heavy atom. The SMILES string of the molecule is CCOCc1c(C)n(-c2ccc(Cl)cc2)c2cnccc12. The van der Waals surface area contributed by atoms with Crippen LogP contribution in [0.25, 0.3) is 16.6 Å². The minimum Gasteiger partial charge on any atom is -0.377 e. The van der Waals surface area contributed by atoms with Gasteiger partial charge in [0.2, 0.25) is 0 Å². The first-order valence-electron chi connectivity index (χ1n) is 7.00. The zero-order chi connectivity index (χ0) is 14.8. The minimum atomic E-state index is 0.615. The van der Waals surface area contributed by atoms with Crippen molar-refractivity contribution >= 4 is 22.5 Å². The Kier molecular flexibility index (Phi) is 3.95. The fourth-order valence-corrected chi connectivity index (χ4v) is 2.77. The van der Waals surface area contributed by atoms with Gasteiger partial charge in [-0.3, -0.25) is 4.98 Å². The molecule has 3 aromatic rings. The van der Waals surface area contributed by atoms with E-state index in [1.54, 1.807) is 0 Å². The maximum absolute atomic E-state index is 5.99. The van der Waals surface area contributed by atoms with Gasteiger partial charge in [-0.25, -0.2) is 0 Å². The minimum absolute atomic E-state index is 0.615. The van der Waals surface area contributed by atoms with Crippen molar-refractivity contribution in [3.63, 3.8) is 0 Å². The van der Waals surface area contributed by atoms with Gasteiger partial charge in [0.15, 0.2) is 0 Å². The molecular formula is C17H17ClN2O. The van der Waals surface area contributed by atoms with E-state index in [1.807, 2.05) is 49.6 Å². The third-order valence-electron chi connectivity index (χ3n) is 3.67. The summed E-state index contributed by atoms with van der Waals surface area (Å²) in [6, 6.07) is 9.89. The van der Waals surface area contributed by atoms with Gasteiger partial charge in [0.1, 0.15) is 0 Å².